The number of hydrogen-bond donors (Lipinski definition) is 1. The van der Waals surface area contributed by atoms with Crippen molar-refractivity contribution in [1.29, 1.82) is 0 Å². The molecular weight excluding hydrogens is 418 g/mol. The van der Waals surface area contributed by atoms with Gasteiger partial charge in [-0.15, -0.1) is 16.4 Å². The summed E-state index contributed by atoms with van der Waals surface area (Å²) in [6.45, 7) is 0. The van der Waals surface area contributed by atoms with Gasteiger partial charge < -0.3 is 0 Å². The summed E-state index contributed by atoms with van der Waals surface area (Å²) in [6, 6.07) is 19.8. The summed E-state index contributed by atoms with van der Waals surface area (Å²) < 4.78 is 1.54. The molecule has 0 spiro atoms. The Morgan fingerprint density at radius 3 is 2.50 bits per heavy atom. The average Bonchev–Trinajstić information content (AvgIpc) is 3.22. The van der Waals surface area contributed by atoms with Gasteiger partial charge in [0.2, 0.25) is 0 Å². The first kappa shape index (κ1) is 19.0. The normalized spacial score (nSPS) is 15.4. The van der Waals surface area contributed by atoms with Crippen LogP contribution in [0.3, 0.4) is 0 Å². The van der Waals surface area contributed by atoms with Crippen LogP contribution in [-0.4, -0.2) is 15.5 Å². The number of benzene rings is 2. The van der Waals surface area contributed by atoms with E-state index in [9.17, 15) is 4.79 Å². The lowest BCUT2D eigenvalue weighted by Gasteiger charge is -2.27. The third-order valence-electron chi connectivity index (χ3n) is 5.83. The van der Waals surface area contributed by atoms with Gasteiger partial charge in [0.25, 0.3) is 11.5 Å². The number of nitrogens with zero attached hydrogens (tertiary/aromatic N) is 4. The van der Waals surface area contributed by atoms with Gasteiger partial charge in [-0.25, -0.2) is 0 Å². The maximum atomic E-state index is 13.7. The second-order valence-electron chi connectivity index (χ2n) is 7.93. The molecule has 0 radical (unpaired) electrons. The summed E-state index contributed by atoms with van der Waals surface area (Å²) in [6.07, 6.45) is 8.13. The van der Waals surface area contributed by atoms with E-state index in [0.29, 0.717) is 11.8 Å². The van der Waals surface area contributed by atoms with E-state index >= 15 is 0 Å². The van der Waals surface area contributed by atoms with Gasteiger partial charge in [-0.05, 0) is 55.0 Å². The monoisotopic (exact) mass is 439 g/mol. The molecule has 2 aromatic heterocycles. The second-order valence-corrected chi connectivity index (χ2v) is 9.02. The molecule has 0 fully saturated rings. The van der Waals surface area contributed by atoms with Crippen molar-refractivity contribution in [3.05, 3.63) is 93.1 Å². The zero-order valence-electron chi connectivity index (χ0n) is 17.4. The van der Waals surface area contributed by atoms with E-state index in [1.165, 1.54) is 21.5 Å². The highest BCUT2D eigenvalue weighted by atomic mass is 32.1. The third-order valence-corrected chi connectivity index (χ3v) is 7.01. The number of thiophene rings is 1. The minimum atomic E-state index is -0.0640. The largest absolute Gasteiger partial charge is 0.283 e. The fourth-order valence-corrected chi connectivity index (χ4v) is 5.53. The van der Waals surface area contributed by atoms with E-state index in [0.717, 1.165) is 40.7 Å². The van der Waals surface area contributed by atoms with Gasteiger partial charge in [0.1, 0.15) is 4.83 Å². The lowest BCUT2D eigenvalue weighted by molar-refractivity contribution is 0.699. The zero-order chi connectivity index (χ0) is 21.5. The molecule has 1 N–H and O–H groups in total. The molecule has 0 amide bonds. The van der Waals surface area contributed by atoms with Crippen molar-refractivity contribution >= 4 is 45.1 Å². The Hall–Kier alpha value is -3.71. The van der Waals surface area contributed by atoms with Crippen molar-refractivity contribution in [3.63, 3.8) is 0 Å². The summed E-state index contributed by atoms with van der Waals surface area (Å²) in [4.78, 5) is 20.7. The van der Waals surface area contributed by atoms with E-state index in [2.05, 4.69) is 5.43 Å². The van der Waals surface area contributed by atoms with E-state index in [1.54, 1.807) is 16.3 Å². The smallest absolute Gasteiger partial charge is 0.270 e. The van der Waals surface area contributed by atoms with Gasteiger partial charge in [-0.1, -0.05) is 54.6 Å². The predicted octanol–water partition coefficient (Wildman–Crippen LogP) is 5.06. The van der Waals surface area contributed by atoms with Gasteiger partial charge in [-0.2, -0.15) is 14.7 Å². The molecule has 0 saturated carbocycles. The van der Waals surface area contributed by atoms with E-state index < -0.39 is 0 Å². The van der Waals surface area contributed by atoms with Crippen LogP contribution in [-0.2, 0) is 12.8 Å². The SMILES string of the molecule is O=c1c2c3c(sc2nc2n1NC(/C=C/c1ccccc1)=NN2c1ccccc1)CCCC3. The lowest BCUT2D eigenvalue weighted by atomic mass is 9.97. The Labute approximate surface area is 189 Å². The van der Waals surface area contributed by atoms with Gasteiger partial charge in [0, 0.05) is 4.88 Å². The minimum absolute atomic E-state index is 0.0640. The van der Waals surface area contributed by atoms with Crippen LogP contribution in [0.4, 0.5) is 11.6 Å². The summed E-state index contributed by atoms with van der Waals surface area (Å²) in [7, 11) is 0. The topological polar surface area (TPSA) is 62.5 Å². The fraction of sp³-hybridized carbons (Fsp3) is 0.160. The van der Waals surface area contributed by atoms with Crippen LogP contribution in [0.1, 0.15) is 28.8 Å². The van der Waals surface area contributed by atoms with Crippen LogP contribution in [0.15, 0.2) is 76.6 Å². The predicted molar refractivity (Wildman–Crippen MR) is 131 cm³/mol. The van der Waals surface area contributed by atoms with Crippen molar-refractivity contribution in [3.8, 4) is 0 Å². The summed E-state index contributed by atoms with van der Waals surface area (Å²) in [5.41, 5.74) is 6.21. The molecule has 6 rings (SSSR count). The van der Waals surface area contributed by atoms with E-state index in [1.807, 2.05) is 72.8 Å². The number of aromatic nitrogens is 2. The standard InChI is InChI=1S/C25H21N5OS/c31-24-22-19-13-7-8-14-20(19)32-23(22)26-25-29(18-11-5-2-6-12-18)27-21(28-30(24)25)16-15-17-9-3-1-4-10-17/h1-6,9-12,15-16H,7-8,13-14H2,(H,27,28)/b16-15+. The Bertz CT molecular complexity index is 1420. The number of rotatable bonds is 3. The van der Waals surface area contributed by atoms with Crippen LogP contribution in [0.25, 0.3) is 16.3 Å². The van der Waals surface area contributed by atoms with Crippen molar-refractivity contribution < 1.29 is 0 Å². The third kappa shape index (κ3) is 3.22. The number of amidine groups is 1. The molecule has 7 heteroatoms. The minimum Gasteiger partial charge on any atom is -0.270 e. The fourth-order valence-electron chi connectivity index (χ4n) is 4.28. The van der Waals surface area contributed by atoms with Gasteiger partial charge in [0.05, 0.1) is 11.1 Å². The first-order chi connectivity index (χ1) is 15.8. The highest BCUT2D eigenvalue weighted by molar-refractivity contribution is 7.18. The number of para-hydroxylation sites is 1. The quantitative estimate of drug-likeness (QED) is 0.485. The van der Waals surface area contributed by atoms with Crippen molar-refractivity contribution in [1.82, 2.24) is 9.66 Å². The van der Waals surface area contributed by atoms with Gasteiger partial charge in [-0.3, -0.25) is 10.2 Å². The molecule has 3 heterocycles. The molecule has 2 aromatic carbocycles. The number of nitrogens with one attached hydrogen (secondary N) is 1. The lowest BCUT2D eigenvalue weighted by Crippen LogP contribution is -2.41. The molecule has 0 atom stereocenters. The van der Waals surface area contributed by atoms with Crippen molar-refractivity contribution in [2.75, 3.05) is 10.4 Å². The first-order valence-corrected chi connectivity index (χ1v) is 11.6. The molecule has 158 valence electrons. The molecule has 6 nitrogen and oxygen atoms in total. The number of aryl methyl sites for hydroxylation is 2. The van der Waals surface area contributed by atoms with Gasteiger partial charge in [0.15, 0.2) is 5.84 Å². The number of anilines is 2. The summed E-state index contributed by atoms with van der Waals surface area (Å²) >= 11 is 1.65. The molecule has 4 aromatic rings. The molecule has 0 saturated heterocycles. The second kappa shape index (κ2) is 7.76. The Morgan fingerprint density at radius 2 is 1.69 bits per heavy atom. The first-order valence-electron chi connectivity index (χ1n) is 10.8. The zero-order valence-corrected chi connectivity index (χ0v) is 18.2. The molecule has 1 aliphatic heterocycles. The number of fused-ring (bicyclic) bond motifs is 4. The Kier molecular flexibility index (Phi) is 4.61. The molecular formula is C25H21N5OS. The van der Waals surface area contributed by atoms with Crippen LogP contribution in [0.2, 0.25) is 0 Å². The van der Waals surface area contributed by atoms with E-state index in [-0.39, 0.29) is 5.56 Å². The van der Waals surface area contributed by atoms with Crippen LogP contribution >= 0.6 is 11.3 Å². The summed E-state index contributed by atoms with van der Waals surface area (Å²) in [5, 5.41) is 7.26. The van der Waals surface area contributed by atoms with Crippen molar-refractivity contribution in [2.45, 2.75) is 25.7 Å². The Morgan fingerprint density at radius 1 is 0.938 bits per heavy atom. The number of hydrazone groups is 1. The molecule has 2 aliphatic rings. The molecule has 32 heavy (non-hydrogen) atoms. The maximum absolute atomic E-state index is 13.7. The number of hydrogen-bond acceptors (Lipinski definition) is 6. The van der Waals surface area contributed by atoms with E-state index in [4.69, 9.17) is 10.1 Å². The molecule has 0 bridgehead atoms. The van der Waals surface area contributed by atoms with Crippen LogP contribution in [0, 0.1) is 0 Å². The van der Waals surface area contributed by atoms with Crippen LogP contribution < -0.4 is 16.0 Å². The maximum Gasteiger partial charge on any atom is 0.283 e. The highest BCUT2D eigenvalue weighted by Gasteiger charge is 2.27. The summed E-state index contributed by atoms with van der Waals surface area (Å²) in [5.74, 6) is 1.04. The highest BCUT2D eigenvalue weighted by Crippen LogP contribution is 2.35. The van der Waals surface area contributed by atoms with Gasteiger partial charge >= 0.3 is 0 Å². The van der Waals surface area contributed by atoms with Crippen LogP contribution in [0.5, 0.6) is 0 Å². The molecule has 1 aliphatic carbocycles. The Balaban J connectivity index is 1.51. The van der Waals surface area contributed by atoms with Crippen molar-refractivity contribution in [2.24, 2.45) is 5.10 Å². The average molecular weight is 440 g/mol. The molecule has 0 unspecified atom stereocenters.